The predicted octanol–water partition coefficient (Wildman–Crippen LogP) is 5.37. The van der Waals surface area contributed by atoms with Crippen LogP contribution >= 0.6 is 11.8 Å². The molecule has 1 aliphatic heterocycles. The van der Waals surface area contributed by atoms with Crippen LogP contribution in [0.2, 0.25) is 0 Å². The minimum atomic E-state index is -0.780. The minimum absolute atomic E-state index is 0.0165. The fourth-order valence-corrected chi connectivity index (χ4v) is 4.03. The molecular formula is C19H20F2N2OS. The van der Waals surface area contributed by atoms with Crippen molar-refractivity contribution in [1.29, 1.82) is 0 Å². The number of benzene rings is 2. The van der Waals surface area contributed by atoms with Gasteiger partial charge in [-0.1, -0.05) is 38.1 Å². The third-order valence-electron chi connectivity index (χ3n) is 4.21. The lowest BCUT2D eigenvalue weighted by Crippen LogP contribution is -2.34. The van der Waals surface area contributed by atoms with E-state index < -0.39 is 11.6 Å². The number of hydrogen-bond acceptors (Lipinski definition) is 2. The summed E-state index contributed by atoms with van der Waals surface area (Å²) in [5.41, 5.74) is 2.27. The van der Waals surface area contributed by atoms with Crippen molar-refractivity contribution in [2.45, 2.75) is 25.1 Å². The first-order valence-corrected chi connectivity index (χ1v) is 9.24. The van der Waals surface area contributed by atoms with Gasteiger partial charge in [-0.05, 0) is 29.2 Å². The van der Waals surface area contributed by atoms with Crippen LogP contribution < -0.4 is 5.32 Å². The number of halogens is 2. The number of thioether (sulfide) groups is 1. The minimum Gasteiger partial charge on any atom is -0.308 e. The van der Waals surface area contributed by atoms with Crippen molar-refractivity contribution in [2.75, 3.05) is 17.6 Å². The van der Waals surface area contributed by atoms with Crippen molar-refractivity contribution in [3.05, 3.63) is 65.2 Å². The molecule has 1 aliphatic rings. The molecule has 0 spiro atoms. The Hall–Kier alpha value is -2.08. The van der Waals surface area contributed by atoms with E-state index in [1.807, 2.05) is 12.1 Å². The summed E-state index contributed by atoms with van der Waals surface area (Å²) in [6.07, 6.45) is 0. The van der Waals surface area contributed by atoms with E-state index in [9.17, 15) is 13.6 Å². The second kappa shape index (κ2) is 7.44. The Morgan fingerprint density at radius 1 is 1.20 bits per heavy atom. The molecule has 1 N–H and O–H groups in total. The van der Waals surface area contributed by atoms with Crippen molar-refractivity contribution in [3.8, 4) is 0 Å². The van der Waals surface area contributed by atoms with Gasteiger partial charge >= 0.3 is 6.03 Å². The lowest BCUT2D eigenvalue weighted by molar-refractivity contribution is 0.214. The quantitative estimate of drug-likeness (QED) is 0.796. The fraction of sp³-hybridized carbons (Fsp3) is 0.316. The number of nitrogens with one attached hydrogen (secondary N) is 1. The second-order valence-corrected chi connectivity index (χ2v) is 7.48. The zero-order valence-electron chi connectivity index (χ0n) is 14.1. The molecule has 1 saturated heterocycles. The molecule has 25 heavy (non-hydrogen) atoms. The van der Waals surface area contributed by atoms with E-state index in [0.717, 1.165) is 23.4 Å². The third-order valence-corrected chi connectivity index (χ3v) is 5.47. The summed E-state index contributed by atoms with van der Waals surface area (Å²) in [6, 6.07) is 11.0. The number of urea groups is 1. The molecular weight excluding hydrogens is 342 g/mol. The zero-order chi connectivity index (χ0) is 18.0. The van der Waals surface area contributed by atoms with Crippen molar-refractivity contribution in [1.82, 2.24) is 4.90 Å². The maximum Gasteiger partial charge on any atom is 0.323 e. The second-order valence-electron chi connectivity index (χ2n) is 6.29. The van der Waals surface area contributed by atoms with E-state index in [1.165, 1.54) is 11.6 Å². The molecule has 6 heteroatoms. The molecule has 2 aromatic rings. The Morgan fingerprint density at radius 2 is 1.92 bits per heavy atom. The molecule has 1 fully saturated rings. The van der Waals surface area contributed by atoms with Crippen molar-refractivity contribution >= 4 is 23.5 Å². The number of nitrogens with zero attached hydrogens (tertiary/aromatic N) is 1. The van der Waals surface area contributed by atoms with Gasteiger partial charge in [0.25, 0.3) is 0 Å². The molecule has 0 radical (unpaired) electrons. The summed E-state index contributed by atoms with van der Waals surface area (Å²) in [5, 5.41) is 2.43. The van der Waals surface area contributed by atoms with Gasteiger partial charge in [-0.3, -0.25) is 0 Å². The highest BCUT2D eigenvalue weighted by Crippen LogP contribution is 2.38. The monoisotopic (exact) mass is 362 g/mol. The standard InChI is InChI=1S/C19H20F2N2OS/c1-12(2)13-3-5-14(6-4-13)18-23(9-10-25-18)19(24)22-17-8-7-15(20)11-16(17)21/h3-8,11-12,18H,9-10H2,1-2H3,(H,22,24)/t18-/m0/s1. The summed E-state index contributed by atoms with van der Waals surface area (Å²) >= 11 is 1.67. The molecule has 3 nitrogen and oxygen atoms in total. The molecule has 1 heterocycles. The Labute approximate surface area is 150 Å². The van der Waals surface area contributed by atoms with Crippen LogP contribution in [-0.4, -0.2) is 23.2 Å². The average molecular weight is 362 g/mol. The van der Waals surface area contributed by atoms with Crippen molar-refractivity contribution < 1.29 is 13.6 Å². The Bertz CT molecular complexity index is 765. The van der Waals surface area contributed by atoms with E-state index in [4.69, 9.17) is 0 Å². The molecule has 0 unspecified atom stereocenters. The summed E-state index contributed by atoms with van der Waals surface area (Å²) < 4.78 is 26.8. The van der Waals surface area contributed by atoms with E-state index >= 15 is 0 Å². The van der Waals surface area contributed by atoms with Crippen LogP contribution in [0.5, 0.6) is 0 Å². The van der Waals surface area contributed by atoms with Gasteiger partial charge in [-0.15, -0.1) is 11.8 Å². The van der Waals surface area contributed by atoms with Crippen LogP contribution in [0.25, 0.3) is 0 Å². The van der Waals surface area contributed by atoms with Crippen LogP contribution in [-0.2, 0) is 0 Å². The number of rotatable bonds is 3. The normalized spacial score (nSPS) is 17.2. The highest BCUT2D eigenvalue weighted by atomic mass is 32.2. The average Bonchev–Trinajstić information content (AvgIpc) is 3.07. The Kier molecular flexibility index (Phi) is 5.27. The zero-order valence-corrected chi connectivity index (χ0v) is 14.9. The van der Waals surface area contributed by atoms with E-state index in [0.29, 0.717) is 12.5 Å². The molecule has 0 bridgehead atoms. The molecule has 3 rings (SSSR count). The largest absolute Gasteiger partial charge is 0.323 e. The first kappa shape index (κ1) is 17.7. The highest BCUT2D eigenvalue weighted by Gasteiger charge is 2.31. The lowest BCUT2D eigenvalue weighted by Gasteiger charge is -2.25. The summed E-state index contributed by atoms with van der Waals surface area (Å²) in [5.74, 6) is -0.185. The molecule has 132 valence electrons. The smallest absolute Gasteiger partial charge is 0.308 e. The van der Waals surface area contributed by atoms with Gasteiger partial charge in [0.15, 0.2) is 0 Å². The van der Waals surface area contributed by atoms with Gasteiger partial charge in [0, 0.05) is 18.4 Å². The Balaban J connectivity index is 1.75. The van der Waals surface area contributed by atoms with Crippen LogP contribution in [0, 0.1) is 11.6 Å². The summed E-state index contributed by atoms with van der Waals surface area (Å²) in [7, 11) is 0. The van der Waals surface area contributed by atoms with Gasteiger partial charge in [0.1, 0.15) is 17.0 Å². The number of amides is 2. The molecule has 2 amide bonds. The fourth-order valence-electron chi connectivity index (χ4n) is 2.78. The maximum absolute atomic E-state index is 13.8. The van der Waals surface area contributed by atoms with Crippen LogP contribution in [0.4, 0.5) is 19.3 Å². The molecule has 0 saturated carbocycles. The molecule has 1 atom stereocenters. The van der Waals surface area contributed by atoms with Gasteiger partial charge in [0.2, 0.25) is 0 Å². The number of carbonyl (C=O) groups excluding carboxylic acids is 1. The van der Waals surface area contributed by atoms with Gasteiger partial charge < -0.3 is 10.2 Å². The number of carbonyl (C=O) groups is 1. The van der Waals surface area contributed by atoms with Crippen molar-refractivity contribution in [2.24, 2.45) is 0 Å². The lowest BCUT2D eigenvalue weighted by atomic mass is 10.0. The Morgan fingerprint density at radius 3 is 2.56 bits per heavy atom. The third kappa shape index (κ3) is 3.95. The van der Waals surface area contributed by atoms with E-state index in [2.05, 4.69) is 31.3 Å². The van der Waals surface area contributed by atoms with Gasteiger partial charge in [-0.2, -0.15) is 0 Å². The highest BCUT2D eigenvalue weighted by molar-refractivity contribution is 7.99. The molecule has 2 aromatic carbocycles. The maximum atomic E-state index is 13.8. The van der Waals surface area contributed by atoms with Gasteiger partial charge in [-0.25, -0.2) is 13.6 Å². The van der Waals surface area contributed by atoms with Crippen molar-refractivity contribution in [3.63, 3.8) is 0 Å². The summed E-state index contributed by atoms with van der Waals surface area (Å²) in [4.78, 5) is 14.2. The SMILES string of the molecule is CC(C)c1ccc([C@@H]2SCCN2C(=O)Nc2ccc(F)cc2F)cc1. The van der Waals surface area contributed by atoms with Crippen LogP contribution in [0.15, 0.2) is 42.5 Å². The topological polar surface area (TPSA) is 32.3 Å². The van der Waals surface area contributed by atoms with Crippen LogP contribution in [0.3, 0.4) is 0 Å². The first-order valence-electron chi connectivity index (χ1n) is 8.20. The van der Waals surface area contributed by atoms with E-state index in [1.54, 1.807) is 16.7 Å². The molecule has 0 aromatic heterocycles. The van der Waals surface area contributed by atoms with E-state index in [-0.39, 0.29) is 17.1 Å². The molecule has 0 aliphatic carbocycles. The predicted molar refractivity (Wildman–Crippen MR) is 97.8 cm³/mol. The van der Waals surface area contributed by atoms with Gasteiger partial charge in [0.05, 0.1) is 5.69 Å². The number of hydrogen-bond donors (Lipinski definition) is 1. The first-order chi connectivity index (χ1) is 12.0. The summed E-state index contributed by atoms with van der Waals surface area (Å²) in [6.45, 7) is 4.85. The number of anilines is 1. The van der Waals surface area contributed by atoms with Crippen LogP contribution in [0.1, 0.15) is 36.3 Å².